The van der Waals surface area contributed by atoms with Crippen molar-refractivity contribution < 1.29 is 4.79 Å². The van der Waals surface area contributed by atoms with Crippen LogP contribution in [0.25, 0.3) is 10.2 Å². The number of aromatic nitrogens is 4. The molecule has 3 aromatic rings. The van der Waals surface area contributed by atoms with E-state index in [9.17, 15) is 4.79 Å². The lowest BCUT2D eigenvalue weighted by molar-refractivity contribution is -0.137. The minimum atomic E-state index is 0.0199. The van der Waals surface area contributed by atoms with E-state index >= 15 is 0 Å². The SMILES string of the molecule is Cc1cc(Nc2nc(NC3C[C@H]4CC[C@@H](C3)N4C(=O)[C@H]3CCCN3)nc3sccc23)n[nH]1. The number of aryl methyl sites for hydroxylation is 1. The van der Waals surface area contributed by atoms with Crippen molar-refractivity contribution >= 4 is 45.0 Å². The number of aromatic amines is 1. The number of hydrogen-bond acceptors (Lipinski definition) is 8. The third-order valence-corrected chi connectivity index (χ3v) is 7.76. The molecule has 1 amide bonds. The van der Waals surface area contributed by atoms with E-state index in [-0.39, 0.29) is 12.1 Å². The van der Waals surface area contributed by atoms with Gasteiger partial charge in [-0.1, -0.05) is 0 Å². The molecule has 9 nitrogen and oxygen atoms in total. The molecule has 4 N–H and O–H groups in total. The molecule has 3 aliphatic heterocycles. The second-order valence-corrected chi connectivity index (χ2v) is 10.1. The minimum Gasteiger partial charge on any atom is -0.351 e. The lowest BCUT2D eigenvalue weighted by Gasteiger charge is -2.40. The third-order valence-electron chi connectivity index (χ3n) is 6.96. The number of fused-ring (bicyclic) bond motifs is 3. The molecular formula is C22H28N8OS. The molecule has 3 aliphatic rings. The molecule has 3 fully saturated rings. The Balaban J connectivity index is 1.19. The quantitative estimate of drug-likeness (QED) is 0.471. The van der Waals surface area contributed by atoms with E-state index in [1.54, 1.807) is 11.3 Å². The van der Waals surface area contributed by atoms with Crippen LogP contribution in [0, 0.1) is 6.92 Å². The minimum absolute atomic E-state index is 0.0199. The van der Waals surface area contributed by atoms with Crippen molar-refractivity contribution in [2.24, 2.45) is 0 Å². The van der Waals surface area contributed by atoms with Gasteiger partial charge in [0.25, 0.3) is 0 Å². The van der Waals surface area contributed by atoms with E-state index in [1.807, 2.05) is 24.4 Å². The van der Waals surface area contributed by atoms with Gasteiger partial charge < -0.3 is 20.9 Å². The summed E-state index contributed by atoms with van der Waals surface area (Å²) >= 11 is 1.61. The maximum atomic E-state index is 13.1. The summed E-state index contributed by atoms with van der Waals surface area (Å²) in [5, 5.41) is 20.5. The summed E-state index contributed by atoms with van der Waals surface area (Å²) in [5.74, 6) is 2.44. The van der Waals surface area contributed by atoms with Crippen molar-refractivity contribution in [1.82, 2.24) is 30.4 Å². The van der Waals surface area contributed by atoms with E-state index in [2.05, 4.69) is 31.0 Å². The van der Waals surface area contributed by atoms with Gasteiger partial charge >= 0.3 is 0 Å². The van der Waals surface area contributed by atoms with Crippen LogP contribution in [0.3, 0.4) is 0 Å². The van der Waals surface area contributed by atoms with Crippen molar-refractivity contribution in [1.29, 1.82) is 0 Å². The summed E-state index contributed by atoms with van der Waals surface area (Å²) in [6.45, 7) is 2.93. The first-order valence-electron chi connectivity index (χ1n) is 11.5. The number of carbonyl (C=O) groups excluding carboxylic acids is 1. The standard InChI is InChI=1S/C22H28N8OS/c1-12-9-18(29-28-12)25-19-16-6-8-32-20(16)27-22(26-19)24-13-10-14-4-5-15(11-13)30(14)21(31)17-3-2-7-23-17/h6,8-9,13-15,17,23H,2-5,7,10-11H2,1H3,(H3,24,25,26,27,28,29)/t13?,14-,15+,17-/m1/s1. The van der Waals surface area contributed by atoms with E-state index in [0.29, 0.717) is 23.9 Å². The van der Waals surface area contributed by atoms with Gasteiger partial charge in [-0.25, -0.2) is 4.98 Å². The number of amides is 1. The number of H-pyrrole nitrogens is 1. The van der Waals surface area contributed by atoms with Crippen LogP contribution in [-0.4, -0.2) is 61.7 Å². The van der Waals surface area contributed by atoms with Crippen LogP contribution in [0.2, 0.25) is 0 Å². The summed E-state index contributed by atoms with van der Waals surface area (Å²) < 4.78 is 0. The van der Waals surface area contributed by atoms with Crippen LogP contribution in [0.5, 0.6) is 0 Å². The van der Waals surface area contributed by atoms with Crippen LogP contribution >= 0.6 is 11.3 Å². The summed E-state index contributed by atoms with van der Waals surface area (Å²) in [5.41, 5.74) is 0.992. The monoisotopic (exact) mass is 452 g/mol. The lowest BCUT2D eigenvalue weighted by Crippen LogP contribution is -2.54. The van der Waals surface area contributed by atoms with Crippen molar-refractivity contribution in [3.8, 4) is 0 Å². The molecule has 2 bridgehead atoms. The number of piperidine rings is 1. The Kier molecular flexibility index (Phi) is 4.98. The maximum absolute atomic E-state index is 13.1. The highest BCUT2D eigenvalue weighted by Crippen LogP contribution is 2.38. The third kappa shape index (κ3) is 3.61. The van der Waals surface area contributed by atoms with Gasteiger partial charge in [0.2, 0.25) is 11.9 Å². The molecular weight excluding hydrogens is 424 g/mol. The van der Waals surface area contributed by atoms with Crippen molar-refractivity contribution in [3.63, 3.8) is 0 Å². The molecule has 0 spiro atoms. The van der Waals surface area contributed by atoms with E-state index in [0.717, 1.165) is 72.6 Å². The zero-order valence-electron chi connectivity index (χ0n) is 18.1. The first kappa shape index (κ1) is 19.9. The first-order valence-corrected chi connectivity index (χ1v) is 12.4. The molecule has 6 rings (SSSR count). The second-order valence-electron chi connectivity index (χ2n) is 9.19. The number of carbonyl (C=O) groups is 1. The fraction of sp³-hybridized carbons (Fsp3) is 0.545. The predicted molar refractivity (Wildman–Crippen MR) is 125 cm³/mol. The van der Waals surface area contributed by atoms with Gasteiger partial charge in [0.1, 0.15) is 10.6 Å². The van der Waals surface area contributed by atoms with Crippen LogP contribution in [-0.2, 0) is 4.79 Å². The van der Waals surface area contributed by atoms with Gasteiger partial charge in [0, 0.05) is 29.9 Å². The molecule has 6 heterocycles. The molecule has 3 saturated heterocycles. The lowest BCUT2D eigenvalue weighted by atomic mass is 9.96. The molecule has 32 heavy (non-hydrogen) atoms. The predicted octanol–water partition coefficient (Wildman–Crippen LogP) is 3.15. The molecule has 10 heteroatoms. The molecule has 168 valence electrons. The van der Waals surface area contributed by atoms with Crippen LogP contribution in [0.4, 0.5) is 17.6 Å². The van der Waals surface area contributed by atoms with Gasteiger partial charge in [-0.2, -0.15) is 10.1 Å². The highest BCUT2D eigenvalue weighted by molar-refractivity contribution is 7.16. The first-order chi connectivity index (χ1) is 15.6. The molecule has 0 radical (unpaired) electrons. The van der Waals surface area contributed by atoms with Gasteiger partial charge in [-0.05, 0) is 63.4 Å². The second kappa shape index (κ2) is 8.00. The van der Waals surface area contributed by atoms with Gasteiger partial charge in [-0.3, -0.25) is 9.89 Å². The topological polar surface area (TPSA) is 111 Å². The largest absolute Gasteiger partial charge is 0.351 e. The summed E-state index contributed by atoms with van der Waals surface area (Å²) in [6.07, 6.45) is 6.15. The smallest absolute Gasteiger partial charge is 0.240 e. The average molecular weight is 453 g/mol. The van der Waals surface area contributed by atoms with E-state index in [1.165, 1.54) is 0 Å². The summed E-state index contributed by atoms with van der Waals surface area (Å²) in [6, 6.07) is 4.91. The number of thiophene rings is 1. The molecule has 0 aromatic carbocycles. The highest BCUT2D eigenvalue weighted by atomic mass is 32.1. The Bertz CT molecular complexity index is 1120. The van der Waals surface area contributed by atoms with Gasteiger partial charge in [0.05, 0.1) is 11.4 Å². The normalized spacial score (nSPS) is 27.2. The highest BCUT2D eigenvalue weighted by Gasteiger charge is 2.45. The Labute approximate surface area is 190 Å². The van der Waals surface area contributed by atoms with Gasteiger partial charge in [0.15, 0.2) is 5.82 Å². The molecule has 1 unspecified atom stereocenters. The number of nitrogens with zero attached hydrogens (tertiary/aromatic N) is 4. The Morgan fingerprint density at radius 2 is 2.06 bits per heavy atom. The van der Waals surface area contributed by atoms with Crippen molar-refractivity contribution in [2.45, 2.75) is 69.6 Å². The molecule has 3 aromatic heterocycles. The Hall–Kier alpha value is -2.72. The fourth-order valence-corrected chi connectivity index (χ4v) is 6.30. The van der Waals surface area contributed by atoms with E-state index in [4.69, 9.17) is 9.97 Å². The zero-order chi connectivity index (χ0) is 21.7. The molecule has 4 atom stereocenters. The zero-order valence-corrected chi connectivity index (χ0v) is 18.9. The van der Waals surface area contributed by atoms with Crippen molar-refractivity contribution in [2.75, 3.05) is 17.2 Å². The van der Waals surface area contributed by atoms with Crippen LogP contribution in [0.15, 0.2) is 17.5 Å². The summed E-state index contributed by atoms with van der Waals surface area (Å²) in [7, 11) is 0. The summed E-state index contributed by atoms with van der Waals surface area (Å²) in [4.78, 5) is 25.8. The van der Waals surface area contributed by atoms with E-state index < -0.39 is 0 Å². The van der Waals surface area contributed by atoms with Gasteiger partial charge in [-0.15, -0.1) is 11.3 Å². The fourth-order valence-electron chi connectivity index (χ4n) is 5.53. The maximum Gasteiger partial charge on any atom is 0.240 e. The number of rotatable bonds is 5. The number of hydrogen-bond donors (Lipinski definition) is 4. The van der Waals surface area contributed by atoms with Crippen LogP contribution < -0.4 is 16.0 Å². The number of anilines is 3. The Morgan fingerprint density at radius 3 is 2.78 bits per heavy atom. The number of nitrogens with one attached hydrogen (secondary N) is 4. The molecule has 0 aliphatic carbocycles. The van der Waals surface area contributed by atoms with Crippen molar-refractivity contribution in [3.05, 3.63) is 23.2 Å². The van der Waals surface area contributed by atoms with Crippen LogP contribution in [0.1, 0.15) is 44.2 Å². The molecule has 0 saturated carbocycles. The average Bonchev–Trinajstić information content (AvgIpc) is 3.56. The Morgan fingerprint density at radius 1 is 1.22 bits per heavy atom.